The van der Waals surface area contributed by atoms with Gasteiger partial charge in [-0.2, -0.15) is 0 Å². The van der Waals surface area contributed by atoms with Gasteiger partial charge in [0.1, 0.15) is 5.75 Å². The van der Waals surface area contributed by atoms with Crippen molar-refractivity contribution >= 4 is 5.97 Å². The van der Waals surface area contributed by atoms with Crippen LogP contribution in [-0.2, 0) is 10.2 Å². The number of nitrogens with zero attached hydrogens (tertiary/aromatic N) is 2. The van der Waals surface area contributed by atoms with Crippen molar-refractivity contribution in [2.75, 3.05) is 26.2 Å². The number of hydrogen-bond donors (Lipinski definition) is 2. The molecule has 0 spiro atoms. The normalized spacial score (nSPS) is 34.7. The first-order valence-corrected chi connectivity index (χ1v) is 8.79. The van der Waals surface area contributed by atoms with E-state index in [9.17, 15) is 9.90 Å². The summed E-state index contributed by atoms with van der Waals surface area (Å²) in [4.78, 5) is 15.7. The van der Waals surface area contributed by atoms with Gasteiger partial charge in [-0.1, -0.05) is 26.0 Å². The van der Waals surface area contributed by atoms with Crippen molar-refractivity contribution in [2.24, 2.45) is 5.92 Å². The Kier molecular flexibility index (Phi) is 4.58. The molecule has 3 rings (SSSR count). The summed E-state index contributed by atoms with van der Waals surface area (Å²) in [6.07, 6.45) is 0.987. The van der Waals surface area contributed by atoms with E-state index in [1.165, 1.54) is 5.56 Å². The summed E-state index contributed by atoms with van der Waals surface area (Å²) < 4.78 is 0. The molecule has 5 nitrogen and oxygen atoms in total. The topological polar surface area (TPSA) is 64.0 Å². The van der Waals surface area contributed by atoms with Crippen LogP contribution in [0.4, 0.5) is 0 Å². The predicted octanol–water partition coefficient (Wildman–Crippen LogP) is 2.15. The Morgan fingerprint density at radius 3 is 2.71 bits per heavy atom. The van der Waals surface area contributed by atoms with Crippen LogP contribution in [0.3, 0.4) is 0 Å². The molecule has 132 valence electrons. The van der Waals surface area contributed by atoms with Gasteiger partial charge < -0.3 is 10.2 Å². The second-order valence-corrected chi connectivity index (χ2v) is 7.85. The molecule has 0 saturated carbocycles. The summed E-state index contributed by atoms with van der Waals surface area (Å²) in [6, 6.07) is 8.25. The van der Waals surface area contributed by atoms with Crippen LogP contribution in [0.2, 0.25) is 0 Å². The number of fused-ring (bicyclic) bond motifs is 1. The van der Waals surface area contributed by atoms with E-state index in [2.05, 4.69) is 36.6 Å². The van der Waals surface area contributed by atoms with Gasteiger partial charge in [-0.05, 0) is 42.4 Å². The van der Waals surface area contributed by atoms with E-state index in [4.69, 9.17) is 5.11 Å². The number of hydrogen-bond acceptors (Lipinski definition) is 4. The molecule has 1 aromatic rings. The number of phenolic OH excluding ortho intramolecular Hbond substituents is 1. The first-order chi connectivity index (χ1) is 11.3. The Balaban J connectivity index is 1.82. The van der Waals surface area contributed by atoms with Gasteiger partial charge in [0.05, 0.1) is 6.54 Å². The first-order valence-electron chi connectivity index (χ1n) is 8.79. The van der Waals surface area contributed by atoms with Gasteiger partial charge in [0.15, 0.2) is 0 Å². The van der Waals surface area contributed by atoms with Crippen molar-refractivity contribution in [3.8, 4) is 5.75 Å². The van der Waals surface area contributed by atoms with E-state index < -0.39 is 5.97 Å². The highest BCUT2D eigenvalue weighted by Gasteiger charge is 2.45. The van der Waals surface area contributed by atoms with Gasteiger partial charge in [-0.25, -0.2) is 0 Å². The summed E-state index contributed by atoms with van der Waals surface area (Å²) in [5, 5.41) is 19.0. The highest BCUT2D eigenvalue weighted by atomic mass is 16.4. The number of aliphatic carboxylic acids is 1. The van der Waals surface area contributed by atoms with Gasteiger partial charge in [-0.3, -0.25) is 14.6 Å². The van der Waals surface area contributed by atoms with Crippen LogP contribution >= 0.6 is 0 Å². The SMILES string of the molecule is C[C@H]1CN2C[C@H](C)[C@](C)(c3cccc(O)c3)C[C@@H]2CN1CC(=O)O. The molecule has 2 aliphatic heterocycles. The summed E-state index contributed by atoms with van der Waals surface area (Å²) in [5.74, 6) is 0.0390. The molecule has 2 heterocycles. The predicted molar refractivity (Wildman–Crippen MR) is 93.3 cm³/mol. The Bertz CT molecular complexity index is 620. The third-order valence-electron chi connectivity index (χ3n) is 6.18. The monoisotopic (exact) mass is 332 g/mol. The quantitative estimate of drug-likeness (QED) is 0.888. The van der Waals surface area contributed by atoms with E-state index in [0.29, 0.717) is 17.7 Å². The maximum atomic E-state index is 11.1. The molecule has 0 bridgehead atoms. The highest BCUT2D eigenvalue weighted by Crippen LogP contribution is 2.43. The van der Waals surface area contributed by atoms with Gasteiger partial charge in [0.25, 0.3) is 0 Å². The average Bonchev–Trinajstić information content (AvgIpc) is 2.50. The van der Waals surface area contributed by atoms with E-state index in [1.54, 1.807) is 6.07 Å². The molecule has 0 unspecified atom stereocenters. The highest BCUT2D eigenvalue weighted by molar-refractivity contribution is 5.69. The third-order valence-corrected chi connectivity index (χ3v) is 6.18. The molecule has 5 heteroatoms. The second-order valence-electron chi connectivity index (χ2n) is 7.85. The van der Waals surface area contributed by atoms with Crippen LogP contribution < -0.4 is 0 Å². The van der Waals surface area contributed by atoms with Crippen LogP contribution in [-0.4, -0.2) is 64.2 Å². The zero-order valence-corrected chi connectivity index (χ0v) is 14.8. The third kappa shape index (κ3) is 3.15. The summed E-state index contributed by atoms with van der Waals surface area (Å²) in [6.45, 7) is 9.55. The zero-order chi connectivity index (χ0) is 17.5. The Hall–Kier alpha value is -1.59. The van der Waals surface area contributed by atoms with Gasteiger partial charge in [0, 0.05) is 31.7 Å². The first kappa shape index (κ1) is 17.2. The van der Waals surface area contributed by atoms with Crippen LogP contribution in [0.15, 0.2) is 24.3 Å². The van der Waals surface area contributed by atoms with Crippen molar-refractivity contribution in [3.05, 3.63) is 29.8 Å². The van der Waals surface area contributed by atoms with E-state index in [1.807, 2.05) is 12.1 Å². The number of phenols is 1. The molecular formula is C19H28N2O3. The lowest BCUT2D eigenvalue weighted by Gasteiger charge is -2.54. The van der Waals surface area contributed by atoms with Crippen molar-refractivity contribution in [2.45, 2.75) is 44.7 Å². The van der Waals surface area contributed by atoms with Crippen molar-refractivity contribution in [3.63, 3.8) is 0 Å². The summed E-state index contributed by atoms with van der Waals surface area (Å²) in [5.41, 5.74) is 1.17. The van der Waals surface area contributed by atoms with Gasteiger partial charge in [0.2, 0.25) is 0 Å². The number of carboxylic acid groups (broad SMARTS) is 1. The lowest BCUT2D eigenvalue weighted by Crippen LogP contribution is -2.64. The Morgan fingerprint density at radius 1 is 1.29 bits per heavy atom. The molecule has 0 aromatic heterocycles. The van der Waals surface area contributed by atoms with Crippen molar-refractivity contribution in [1.29, 1.82) is 0 Å². The molecule has 4 atom stereocenters. The lowest BCUT2D eigenvalue weighted by atomic mass is 9.65. The maximum Gasteiger partial charge on any atom is 0.317 e. The molecule has 24 heavy (non-hydrogen) atoms. The number of piperazine rings is 1. The minimum absolute atomic E-state index is 0.00458. The Labute approximate surface area is 143 Å². The van der Waals surface area contributed by atoms with Crippen LogP contribution in [0.25, 0.3) is 0 Å². The number of aromatic hydroxyl groups is 1. The summed E-state index contributed by atoms with van der Waals surface area (Å²) in [7, 11) is 0. The molecule has 0 aliphatic carbocycles. The minimum Gasteiger partial charge on any atom is -0.508 e. The number of rotatable bonds is 3. The van der Waals surface area contributed by atoms with Crippen LogP contribution in [0, 0.1) is 5.92 Å². The minimum atomic E-state index is -0.754. The standard InChI is InChI=1S/C19H28N2O3/c1-13-9-21-10-14(2)20(12-18(23)24)11-16(21)8-19(13,3)15-5-4-6-17(22)7-15/h4-7,13-14,16,22H,8-12H2,1-3H3,(H,23,24)/t13-,14-,16+,19+/m0/s1. The molecule has 2 aliphatic rings. The largest absolute Gasteiger partial charge is 0.508 e. The van der Waals surface area contributed by atoms with E-state index in [-0.39, 0.29) is 18.0 Å². The fourth-order valence-electron chi connectivity index (χ4n) is 4.49. The fraction of sp³-hybridized carbons (Fsp3) is 0.632. The molecule has 2 saturated heterocycles. The van der Waals surface area contributed by atoms with Crippen molar-refractivity contribution < 1.29 is 15.0 Å². The van der Waals surface area contributed by atoms with Crippen LogP contribution in [0.5, 0.6) is 5.75 Å². The second kappa shape index (κ2) is 6.37. The van der Waals surface area contributed by atoms with Crippen molar-refractivity contribution in [1.82, 2.24) is 9.80 Å². The number of carbonyl (C=O) groups is 1. The maximum absolute atomic E-state index is 11.1. The van der Waals surface area contributed by atoms with E-state index in [0.717, 1.165) is 26.1 Å². The number of piperidine rings is 1. The average molecular weight is 332 g/mol. The molecule has 2 fully saturated rings. The molecule has 0 radical (unpaired) electrons. The molecular weight excluding hydrogens is 304 g/mol. The number of carboxylic acids is 1. The molecule has 2 N–H and O–H groups in total. The molecule has 0 amide bonds. The van der Waals surface area contributed by atoms with Gasteiger partial charge >= 0.3 is 5.97 Å². The summed E-state index contributed by atoms with van der Waals surface area (Å²) >= 11 is 0. The fourth-order valence-corrected chi connectivity index (χ4v) is 4.49. The smallest absolute Gasteiger partial charge is 0.317 e. The number of benzene rings is 1. The van der Waals surface area contributed by atoms with Crippen LogP contribution in [0.1, 0.15) is 32.8 Å². The van der Waals surface area contributed by atoms with E-state index >= 15 is 0 Å². The molecule has 1 aromatic carbocycles. The lowest BCUT2D eigenvalue weighted by molar-refractivity contribution is -0.140. The Morgan fingerprint density at radius 2 is 2.04 bits per heavy atom. The van der Waals surface area contributed by atoms with Gasteiger partial charge in [-0.15, -0.1) is 0 Å². The zero-order valence-electron chi connectivity index (χ0n) is 14.8.